The van der Waals surface area contributed by atoms with Gasteiger partial charge in [-0.3, -0.25) is 9.69 Å². The smallest absolute Gasteiger partial charge is 0.239 e. The van der Waals surface area contributed by atoms with Gasteiger partial charge in [-0.05, 0) is 33.7 Å². The van der Waals surface area contributed by atoms with Crippen molar-refractivity contribution in [1.29, 1.82) is 0 Å². The second-order valence-corrected chi connectivity index (χ2v) is 5.50. The highest BCUT2D eigenvalue weighted by Gasteiger charge is 2.31. The van der Waals surface area contributed by atoms with E-state index in [4.69, 9.17) is 4.74 Å². The highest BCUT2D eigenvalue weighted by molar-refractivity contribution is 5.82. The molecule has 0 aromatic heterocycles. The first-order valence-corrected chi connectivity index (χ1v) is 6.94. The number of morpholine rings is 1. The molecular weight excluding hydrogens is 230 g/mol. The highest BCUT2D eigenvalue weighted by atomic mass is 16.5. The predicted octanol–water partition coefficient (Wildman–Crippen LogP) is -0.0378. The molecule has 2 N–H and O–H groups in total. The Hall–Kier alpha value is -0.650. The topological polar surface area (TPSA) is 53.6 Å². The zero-order valence-corrected chi connectivity index (χ0v) is 11.6. The van der Waals surface area contributed by atoms with Gasteiger partial charge in [0.15, 0.2) is 0 Å². The quantitative estimate of drug-likeness (QED) is 0.724. The van der Waals surface area contributed by atoms with Gasteiger partial charge in [0, 0.05) is 25.2 Å². The molecule has 0 aromatic rings. The molecule has 0 bridgehead atoms. The van der Waals surface area contributed by atoms with E-state index in [9.17, 15) is 4.79 Å². The van der Waals surface area contributed by atoms with E-state index in [1.54, 1.807) is 0 Å². The van der Waals surface area contributed by atoms with E-state index in [1.165, 1.54) is 12.8 Å². The molecule has 5 heteroatoms. The Morgan fingerprint density at radius 3 is 2.89 bits per heavy atom. The van der Waals surface area contributed by atoms with Gasteiger partial charge in [-0.15, -0.1) is 0 Å². The van der Waals surface area contributed by atoms with Crippen molar-refractivity contribution in [1.82, 2.24) is 15.5 Å². The summed E-state index contributed by atoms with van der Waals surface area (Å²) in [6.45, 7) is 6.24. The molecule has 1 unspecified atom stereocenters. The SMILES string of the molecule is CC(CNC(=O)[C@H]1NCCO[C@@H]1C)N(C)C1CC1. The average Bonchev–Trinajstić information content (AvgIpc) is 3.19. The van der Waals surface area contributed by atoms with Crippen LogP contribution in [0.3, 0.4) is 0 Å². The Bertz CT molecular complexity index is 294. The molecule has 0 aromatic carbocycles. The minimum absolute atomic E-state index is 0.0461. The molecule has 1 amide bonds. The lowest BCUT2D eigenvalue weighted by molar-refractivity contribution is -0.129. The summed E-state index contributed by atoms with van der Waals surface area (Å²) >= 11 is 0. The molecule has 1 saturated carbocycles. The molecule has 1 saturated heterocycles. The summed E-state index contributed by atoms with van der Waals surface area (Å²) in [5.41, 5.74) is 0. The van der Waals surface area contributed by atoms with E-state index in [1.807, 2.05) is 6.92 Å². The van der Waals surface area contributed by atoms with Gasteiger partial charge >= 0.3 is 0 Å². The van der Waals surface area contributed by atoms with E-state index in [0.717, 1.165) is 12.6 Å². The Morgan fingerprint density at radius 1 is 1.56 bits per heavy atom. The maximum absolute atomic E-state index is 12.0. The monoisotopic (exact) mass is 255 g/mol. The van der Waals surface area contributed by atoms with Gasteiger partial charge in [0.25, 0.3) is 0 Å². The third-order valence-corrected chi connectivity index (χ3v) is 3.99. The fraction of sp³-hybridized carbons (Fsp3) is 0.923. The molecule has 1 heterocycles. The lowest BCUT2D eigenvalue weighted by Gasteiger charge is -2.30. The van der Waals surface area contributed by atoms with Crippen molar-refractivity contribution in [3.63, 3.8) is 0 Å². The van der Waals surface area contributed by atoms with Crippen molar-refractivity contribution in [2.75, 3.05) is 26.7 Å². The molecule has 0 spiro atoms. The van der Waals surface area contributed by atoms with Crippen molar-refractivity contribution in [3.05, 3.63) is 0 Å². The third-order valence-electron chi connectivity index (χ3n) is 3.99. The molecule has 0 radical (unpaired) electrons. The number of carbonyl (C=O) groups is 1. The van der Waals surface area contributed by atoms with Gasteiger partial charge in [0.05, 0.1) is 12.7 Å². The van der Waals surface area contributed by atoms with Gasteiger partial charge in [-0.2, -0.15) is 0 Å². The molecule has 2 aliphatic rings. The van der Waals surface area contributed by atoms with Crippen molar-refractivity contribution in [3.8, 4) is 0 Å². The molecule has 5 nitrogen and oxygen atoms in total. The van der Waals surface area contributed by atoms with Crippen LogP contribution in [0.1, 0.15) is 26.7 Å². The molecule has 1 aliphatic heterocycles. The number of nitrogens with one attached hydrogen (secondary N) is 2. The first-order valence-electron chi connectivity index (χ1n) is 6.94. The maximum atomic E-state index is 12.0. The third kappa shape index (κ3) is 3.43. The fourth-order valence-electron chi connectivity index (χ4n) is 2.37. The number of hydrogen-bond acceptors (Lipinski definition) is 4. The first kappa shape index (κ1) is 13.8. The molecule has 18 heavy (non-hydrogen) atoms. The average molecular weight is 255 g/mol. The van der Waals surface area contributed by atoms with Crippen LogP contribution < -0.4 is 10.6 Å². The lowest BCUT2D eigenvalue weighted by atomic mass is 10.1. The number of rotatable bonds is 5. The minimum atomic E-state index is -0.211. The number of hydrogen-bond donors (Lipinski definition) is 2. The Kier molecular flexibility index (Phi) is 4.59. The number of ether oxygens (including phenoxy) is 1. The molecule has 104 valence electrons. The first-order chi connectivity index (χ1) is 8.59. The summed E-state index contributed by atoms with van der Waals surface area (Å²) in [6.07, 6.45) is 2.54. The molecule has 2 fully saturated rings. The van der Waals surface area contributed by atoms with Crippen LogP contribution in [-0.4, -0.2) is 61.8 Å². The van der Waals surface area contributed by atoms with Crippen molar-refractivity contribution >= 4 is 5.91 Å². The van der Waals surface area contributed by atoms with Crippen LogP contribution in [0.2, 0.25) is 0 Å². The van der Waals surface area contributed by atoms with Crippen LogP contribution in [-0.2, 0) is 9.53 Å². The summed E-state index contributed by atoms with van der Waals surface area (Å²) < 4.78 is 5.48. The molecule has 3 atom stereocenters. The summed E-state index contributed by atoms with van der Waals surface area (Å²) in [4.78, 5) is 14.4. The molecule has 1 aliphatic carbocycles. The van der Waals surface area contributed by atoms with Gasteiger partial charge in [-0.1, -0.05) is 0 Å². The van der Waals surface area contributed by atoms with Crippen LogP contribution in [0.4, 0.5) is 0 Å². The summed E-state index contributed by atoms with van der Waals surface area (Å²) in [7, 11) is 2.14. The number of carbonyl (C=O) groups excluding carboxylic acids is 1. The van der Waals surface area contributed by atoms with E-state index < -0.39 is 0 Å². The zero-order valence-electron chi connectivity index (χ0n) is 11.6. The van der Waals surface area contributed by atoms with Crippen LogP contribution in [0.15, 0.2) is 0 Å². The normalized spacial score (nSPS) is 30.2. The fourth-order valence-corrected chi connectivity index (χ4v) is 2.37. The predicted molar refractivity (Wildman–Crippen MR) is 70.5 cm³/mol. The largest absolute Gasteiger partial charge is 0.375 e. The van der Waals surface area contributed by atoms with Crippen LogP contribution >= 0.6 is 0 Å². The maximum Gasteiger partial charge on any atom is 0.239 e. The van der Waals surface area contributed by atoms with Crippen LogP contribution in [0.5, 0.6) is 0 Å². The molecular formula is C13H25N3O2. The lowest BCUT2D eigenvalue weighted by Crippen LogP contribution is -2.56. The Balaban J connectivity index is 1.73. The number of amides is 1. The van der Waals surface area contributed by atoms with Crippen molar-refractivity contribution in [2.24, 2.45) is 0 Å². The standard InChI is InChI=1S/C13H25N3O2/c1-9(16(3)11-4-5-11)8-15-13(17)12-10(2)18-7-6-14-12/h9-12,14H,4-8H2,1-3H3,(H,15,17)/t9?,10-,12+/m1/s1. The number of likely N-dealkylation sites (N-methyl/N-ethyl adjacent to an activating group) is 1. The zero-order chi connectivity index (χ0) is 13.1. The van der Waals surface area contributed by atoms with Gasteiger partial charge in [0.1, 0.15) is 6.04 Å². The van der Waals surface area contributed by atoms with E-state index in [-0.39, 0.29) is 18.1 Å². The minimum Gasteiger partial charge on any atom is -0.375 e. The highest BCUT2D eigenvalue weighted by Crippen LogP contribution is 2.26. The molecule has 2 rings (SSSR count). The van der Waals surface area contributed by atoms with Crippen molar-refractivity contribution < 1.29 is 9.53 Å². The Labute approximate surface area is 109 Å². The van der Waals surface area contributed by atoms with E-state index >= 15 is 0 Å². The summed E-state index contributed by atoms with van der Waals surface area (Å²) in [5, 5.41) is 6.23. The number of nitrogens with zero attached hydrogens (tertiary/aromatic N) is 1. The Morgan fingerprint density at radius 2 is 2.28 bits per heavy atom. The van der Waals surface area contributed by atoms with E-state index in [0.29, 0.717) is 19.2 Å². The van der Waals surface area contributed by atoms with Crippen molar-refractivity contribution in [2.45, 2.75) is 50.9 Å². The van der Waals surface area contributed by atoms with Gasteiger partial charge in [0.2, 0.25) is 5.91 Å². The summed E-state index contributed by atoms with van der Waals surface area (Å²) in [6, 6.07) is 0.908. The van der Waals surface area contributed by atoms with Gasteiger partial charge < -0.3 is 15.4 Å². The van der Waals surface area contributed by atoms with Crippen LogP contribution in [0.25, 0.3) is 0 Å². The van der Waals surface area contributed by atoms with Gasteiger partial charge in [-0.25, -0.2) is 0 Å². The summed E-state index contributed by atoms with van der Waals surface area (Å²) in [5.74, 6) is 0.0539. The second kappa shape index (κ2) is 5.99. The van der Waals surface area contributed by atoms with E-state index in [2.05, 4.69) is 29.5 Å². The second-order valence-electron chi connectivity index (χ2n) is 5.50. The van der Waals surface area contributed by atoms with Crippen LogP contribution in [0, 0.1) is 0 Å².